The summed E-state index contributed by atoms with van der Waals surface area (Å²) < 4.78 is 0. The van der Waals surface area contributed by atoms with E-state index in [9.17, 15) is 4.79 Å². The van der Waals surface area contributed by atoms with E-state index in [1.54, 1.807) is 6.20 Å². The highest BCUT2D eigenvalue weighted by Crippen LogP contribution is 2.16. The number of nitrogens with one attached hydrogen (secondary N) is 1. The Morgan fingerprint density at radius 1 is 1.33 bits per heavy atom. The smallest absolute Gasteiger partial charge is 0.224 e. The monoisotopic (exact) mass is 242 g/mol. The molecule has 3 heteroatoms. The number of nitrogens with zero attached hydrogens (tertiary/aromatic N) is 1. The summed E-state index contributed by atoms with van der Waals surface area (Å²) in [4.78, 5) is 16.0. The van der Waals surface area contributed by atoms with E-state index in [0.29, 0.717) is 12.3 Å². The molecule has 0 bridgehead atoms. The van der Waals surface area contributed by atoms with E-state index < -0.39 is 0 Å². The third kappa shape index (κ3) is 3.29. The minimum absolute atomic E-state index is 0.0563. The van der Waals surface area contributed by atoms with Gasteiger partial charge in [0.15, 0.2) is 0 Å². The van der Waals surface area contributed by atoms with Crippen LogP contribution in [-0.4, -0.2) is 10.9 Å². The quantitative estimate of drug-likeness (QED) is 0.889. The number of benzene rings is 1. The van der Waals surface area contributed by atoms with Crippen LogP contribution in [0, 0.1) is 5.92 Å². The topological polar surface area (TPSA) is 42.0 Å². The van der Waals surface area contributed by atoms with Crippen LogP contribution in [0.4, 0.5) is 5.69 Å². The number of carbonyl (C=O) groups is 1. The first-order valence-electron chi connectivity index (χ1n) is 6.30. The molecule has 1 aromatic heterocycles. The number of anilines is 1. The van der Waals surface area contributed by atoms with E-state index in [4.69, 9.17) is 0 Å². The van der Waals surface area contributed by atoms with Gasteiger partial charge in [-0.15, -0.1) is 0 Å². The largest absolute Gasteiger partial charge is 0.325 e. The highest BCUT2D eigenvalue weighted by atomic mass is 16.1. The van der Waals surface area contributed by atoms with Crippen LogP contribution in [0.3, 0.4) is 0 Å². The van der Waals surface area contributed by atoms with Crippen molar-refractivity contribution in [1.29, 1.82) is 0 Å². The van der Waals surface area contributed by atoms with Crippen LogP contribution in [0.1, 0.15) is 26.7 Å². The third-order valence-corrected chi connectivity index (χ3v) is 2.82. The lowest BCUT2D eigenvalue weighted by Crippen LogP contribution is -2.12. The second-order valence-electron chi connectivity index (χ2n) is 4.90. The van der Waals surface area contributed by atoms with Crippen LogP contribution in [0.2, 0.25) is 0 Å². The van der Waals surface area contributed by atoms with Crippen molar-refractivity contribution in [3.63, 3.8) is 0 Å². The second-order valence-corrected chi connectivity index (χ2v) is 4.90. The summed E-state index contributed by atoms with van der Waals surface area (Å²) in [6.45, 7) is 4.23. The summed E-state index contributed by atoms with van der Waals surface area (Å²) in [7, 11) is 0. The summed E-state index contributed by atoms with van der Waals surface area (Å²) >= 11 is 0. The maximum atomic E-state index is 11.7. The number of hydrogen-bond donors (Lipinski definition) is 1. The molecule has 0 radical (unpaired) electrons. The molecule has 1 aromatic carbocycles. The molecule has 0 fully saturated rings. The van der Waals surface area contributed by atoms with Gasteiger partial charge in [0.2, 0.25) is 5.91 Å². The number of carbonyl (C=O) groups excluding carboxylic acids is 1. The van der Waals surface area contributed by atoms with Crippen LogP contribution in [0.15, 0.2) is 36.5 Å². The average Bonchev–Trinajstić information content (AvgIpc) is 2.36. The summed E-state index contributed by atoms with van der Waals surface area (Å²) in [6, 6.07) is 9.83. The van der Waals surface area contributed by atoms with E-state index in [1.807, 2.05) is 30.3 Å². The fraction of sp³-hybridized carbons (Fsp3) is 0.333. The molecule has 0 saturated carbocycles. The van der Waals surface area contributed by atoms with Crippen molar-refractivity contribution in [3.05, 3.63) is 36.5 Å². The van der Waals surface area contributed by atoms with Crippen molar-refractivity contribution in [3.8, 4) is 0 Å². The van der Waals surface area contributed by atoms with Crippen molar-refractivity contribution >= 4 is 22.5 Å². The van der Waals surface area contributed by atoms with Gasteiger partial charge in [0.25, 0.3) is 0 Å². The Hall–Kier alpha value is -1.90. The van der Waals surface area contributed by atoms with E-state index in [0.717, 1.165) is 23.0 Å². The number of rotatable bonds is 4. The summed E-state index contributed by atoms with van der Waals surface area (Å²) in [5.41, 5.74) is 1.71. The third-order valence-electron chi connectivity index (χ3n) is 2.82. The lowest BCUT2D eigenvalue weighted by molar-refractivity contribution is -0.116. The lowest BCUT2D eigenvalue weighted by Gasteiger charge is -2.07. The SMILES string of the molecule is CC(C)CCC(=O)Nc1cnc2ccccc2c1. The molecule has 0 aliphatic carbocycles. The molecule has 0 atom stereocenters. The van der Waals surface area contributed by atoms with Crippen molar-refractivity contribution in [1.82, 2.24) is 4.98 Å². The van der Waals surface area contributed by atoms with Gasteiger partial charge >= 0.3 is 0 Å². The summed E-state index contributed by atoms with van der Waals surface area (Å²) in [5.74, 6) is 0.603. The Morgan fingerprint density at radius 2 is 2.11 bits per heavy atom. The van der Waals surface area contributed by atoms with Gasteiger partial charge < -0.3 is 5.32 Å². The molecule has 1 amide bonds. The predicted molar refractivity (Wildman–Crippen MR) is 74.4 cm³/mol. The molecule has 2 rings (SSSR count). The second kappa shape index (κ2) is 5.63. The number of aromatic nitrogens is 1. The average molecular weight is 242 g/mol. The van der Waals surface area contributed by atoms with E-state index in [-0.39, 0.29) is 5.91 Å². The highest BCUT2D eigenvalue weighted by molar-refractivity contribution is 5.93. The van der Waals surface area contributed by atoms with Crippen molar-refractivity contribution in [2.45, 2.75) is 26.7 Å². The van der Waals surface area contributed by atoms with Gasteiger partial charge in [-0.25, -0.2) is 0 Å². The van der Waals surface area contributed by atoms with Gasteiger partial charge in [0.1, 0.15) is 0 Å². The maximum Gasteiger partial charge on any atom is 0.224 e. The normalized spacial score (nSPS) is 10.8. The van der Waals surface area contributed by atoms with Gasteiger partial charge in [-0.1, -0.05) is 32.0 Å². The Morgan fingerprint density at radius 3 is 2.89 bits per heavy atom. The molecule has 2 aromatic rings. The lowest BCUT2D eigenvalue weighted by atomic mass is 10.1. The molecule has 0 unspecified atom stereocenters. The first-order valence-corrected chi connectivity index (χ1v) is 6.30. The maximum absolute atomic E-state index is 11.7. The fourth-order valence-corrected chi connectivity index (χ4v) is 1.78. The van der Waals surface area contributed by atoms with Gasteiger partial charge in [-0.2, -0.15) is 0 Å². The molecular weight excluding hydrogens is 224 g/mol. The van der Waals surface area contributed by atoms with Gasteiger partial charge in [-0.3, -0.25) is 9.78 Å². The number of amides is 1. The van der Waals surface area contributed by atoms with E-state index in [2.05, 4.69) is 24.1 Å². The first kappa shape index (κ1) is 12.6. The predicted octanol–water partition coefficient (Wildman–Crippen LogP) is 3.61. The van der Waals surface area contributed by atoms with Crippen LogP contribution >= 0.6 is 0 Å². The van der Waals surface area contributed by atoms with E-state index >= 15 is 0 Å². The molecule has 94 valence electrons. The summed E-state index contributed by atoms with van der Waals surface area (Å²) in [5, 5.41) is 3.93. The Labute approximate surface area is 107 Å². The zero-order valence-corrected chi connectivity index (χ0v) is 10.8. The molecule has 3 nitrogen and oxygen atoms in total. The standard InChI is InChI=1S/C15H18N2O/c1-11(2)7-8-15(18)17-13-9-12-5-3-4-6-14(12)16-10-13/h3-6,9-11H,7-8H2,1-2H3,(H,17,18). The fourth-order valence-electron chi connectivity index (χ4n) is 1.78. The van der Waals surface area contributed by atoms with Crippen LogP contribution in [-0.2, 0) is 4.79 Å². The van der Waals surface area contributed by atoms with Crippen LogP contribution in [0.25, 0.3) is 10.9 Å². The van der Waals surface area contributed by atoms with Crippen LogP contribution in [0.5, 0.6) is 0 Å². The first-order chi connectivity index (χ1) is 8.65. The van der Waals surface area contributed by atoms with Crippen molar-refractivity contribution in [2.75, 3.05) is 5.32 Å². The molecule has 1 N–H and O–H groups in total. The minimum atomic E-state index is 0.0563. The molecular formula is C15H18N2O. The van der Waals surface area contributed by atoms with Crippen molar-refractivity contribution < 1.29 is 4.79 Å². The number of para-hydroxylation sites is 1. The highest BCUT2D eigenvalue weighted by Gasteiger charge is 2.05. The molecule has 0 spiro atoms. The Balaban J connectivity index is 2.05. The molecule has 0 saturated heterocycles. The molecule has 18 heavy (non-hydrogen) atoms. The molecule has 0 aliphatic heterocycles. The Bertz CT molecular complexity index is 549. The Kier molecular flexibility index (Phi) is 3.92. The minimum Gasteiger partial charge on any atom is -0.325 e. The van der Waals surface area contributed by atoms with Gasteiger partial charge in [0.05, 0.1) is 17.4 Å². The van der Waals surface area contributed by atoms with Crippen molar-refractivity contribution in [2.24, 2.45) is 5.92 Å². The van der Waals surface area contributed by atoms with E-state index in [1.165, 1.54) is 0 Å². The zero-order chi connectivity index (χ0) is 13.0. The summed E-state index contributed by atoms with van der Waals surface area (Å²) in [6.07, 6.45) is 3.17. The van der Waals surface area contributed by atoms with Crippen LogP contribution < -0.4 is 5.32 Å². The van der Waals surface area contributed by atoms with Gasteiger partial charge in [0, 0.05) is 11.8 Å². The number of hydrogen-bond acceptors (Lipinski definition) is 2. The molecule has 0 aliphatic rings. The molecule has 1 heterocycles. The number of fused-ring (bicyclic) bond motifs is 1. The number of pyridine rings is 1. The van der Waals surface area contributed by atoms with Gasteiger partial charge in [-0.05, 0) is 24.5 Å². The zero-order valence-electron chi connectivity index (χ0n) is 10.8.